The van der Waals surface area contributed by atoms with Crippen molar-refractivity contribution in [2.45, 2.75) is 0 Å². The summed E-state index contributed by atoms with van der Waals surface area (Å²) in [6.07, 6.45) is 1.51. The standard InChI is InChI=1S/C9H6ClNO2S2/c1-13-9(12)6-4-11-8(15-6)5-2-3-7(10)14-5/h2-4H,1H3. The van der Waals surface area contributed by atoms with Crippen molar-refractivity contribution in [3.63, 3.8) is 0 Å². The van der Waals surface area contributed by atoms with Gasteiger partial charge in [-0.05, 0) is 12.1 Å². The van der Waals surface area contributed by atoms with E-state index in [0.717, 1.165) is 9.88 Å². The Morgan fingerprint density at radius 1 is 1.47 bits per heavy atom. The van der Waals surface area contributed by atoms with Crippen molar-refractivity contribution >= 4 is 40.2 Å². The Labute approximate surface area is 99.3 Å². The highest BCUT2D eigenvalue weighted by molar-refractivity contribution is 7.24. The molecule has 0 aliphatic carbocycles. The van der Waals surface area contributed by atoms with E-state index in [4.69, 9.17) is 11.6 Å². The van der Waals surface area contributed by atoms with E-state index >= 15 is 0 Å². The number of nitrogens with zero attached hydrogens (tertiary/aromatic N) is 1. The van der Waals surface area contributed by atoms with E-state index in [9.17, 15) is 4.79 Å². The summed E-state index contributed by atoms with van der Waals surface area (Å²) >= 11 is 8.54. The maximum absolute atomic E-state index is 11.2. The number of rotatable bonds is 2. The monoisotopic (exact) mass is 259 g/mol. The van der Waals surface area contributed by atoms with Crippen molar-refractivity contribution in [2.24, 2.45) is 0 Å². The highest BCUT2D eigenvalue weighted by Crippen LogP contribution is 2.33. The fraction of sp³-hybridized carbons (Fsp3) is 0.111. The lowest BCUT2D eigenvalue weighted by atomic mass is 10.5. The molecule has 0 aliphatic heterocycles. The quantitative estimate of drug-likeness (QED) is 0.777. The Morgan fingerprint density at radius 2 is 2.27 bits per heavy atom. The summed E-state index contributed by atoms with van der Waals surface area (Å²) in [5.74, 6) is -0.360. The summed E-state index contributed by atoms with van der Waals surface area (Å²) in [4.78, 5) is 16.8. The second-order valence-corrected chi connectivity index (χ2v) is 5.37. The molecular weight excluding hydrogens is 254 g/mol. The summed E-state index contributed by atoms with van der Waals surface area (Å²) in [5, 5.41) is 0.785. The zero-order chi connectivity index (χ0) is 10.8. The number of esters is 1. The fourth-order valence-corrected chi connectivity index (χ4v) is 2.95. The van der Waals surface area contributed by atoms with Crippen molar-refractivity contribution in [1.82, 2.24) is 4.98 Å². The number of carbonyl (C=O) groups is 1. The van der Waals surface area contributed by atoms with E-state index in [2.05, 4.69) is 9.72 Å². The lowest BCUT2D eigenvalue weighted by Crippen LogP contribution is -1.96. The van der Waals surface area contributed by atoms with Crippen LogP contribution in [0.2, 0.25) is 4.34 Å². The molecule has 2 aromatic heterocycles. The van der Waals surface area contributed by atoms with Crippen LogP contribution in [-0.2, 0) is 4.74 Å². The van der Waals surface area contributed by atoms with Gasteiger partial charge in [0.15, 0.2) is 0 Å². The predicted molar refractivity (Wildman–Crippen MR) is 61.8 cm³/mol. The van der Waals surface area contributed by atoms with Crippen molar-refractivity contribution in [3.8, 4) is 9.88 Å². The van der Waals surface area contributed by atoms with Gasteiger partial charge in [-0.25, -0.2) is 9.78 Å². The lowest BCUT2D eigenvalue weighted by Gasteiger charge is -1.90. The molecule has 0 bridgehead atoms. The van der Waals surface area contributed by atoms with Crippen LogP contribution in [0.4, 0.5) is 0 Å². The van der Waals surface area contributed by atoms with Crippen LogP contribution in [0.3, 0.4) is 0 Å². The molecule has 0 radical (unpaired) electrons. The number of carbonyl (C=O) groups excluding carboxylic acids is 1. The normalized spacial score (nSPS) is 10.3. The Balaban J connectivity index is 2.31. The minimum atomic E-state index is -0.360. The molecule has 0 unspecified atom stereocenters. The van der Waals surface area contributed by atoms with Crippen molar-refractivity contribution < 1.29 is 9.53 Å². The van der Waals surface area contributed by atoms with Gasteiger partial charge in [-0.1, -0.05) is 11.6 Å². The Morgan fingerprint density at radius 3 is 2.87 bits per heavy atom. The zero-order valence-corrected chi connectivity index (χ0v) is 10.1. The molecule has 0 saturated carbocycles. The van der Waals surface area contributed by atoms with Gasteiger partial charge in [-0.2, -0.15) is 0 Å². The molecule has 0 saturated heterocycles. The highest BCUT2D eigenvalue weighted by atomic mass is 35.5. The summed E-state index contributed by atoms with van der Waals surface area (Å²) < 4.78 is 5.31. The second kappa shape index (κ2) is 4.30. The van der Waals surface area contributed by atoms with Gasteiger partial charge < -0.3 is 4.74 Å². The maximum Gasteiger partial charge on any atom is 0.349 e. The predicted octanol–water partition coefficient (Wildman–Crippen LogP) is 3.31. The van der Waals surface area contributed by atoms with E-state index in [-0.39, 0.29) is 5.97 Å². The molecule has 78 valence electrons. The number of methoxy groups -OCH3 is 1. The number of thiazole rings is 1. The topological polar surface area (TPSA) is 39.2 Å². The fourth-order valence-electron chi connectivity index (χ4n) is 1.01. The molecular formula is C9H6ClNO2S2. The first-order valence-corrected chi connectivity index (χ1v) is 6.01. The molecule has 0 aliphatic rings. The van der Waals surface area contributed by atoms with Gasteiger partial charge in [0.25, 0.3) is 0 Å². The molecule has 0 spiro atoms. The van der Waals surface area contributed by atoms with Crippen LogP contribution < -0.4 is 0 Å². The van der Waals surface area contributed by atoms with E-state index in [0.29, 0.717) is 9.21 Å². The van der Waals surface area contributed by atoms with E-state index in [1.807, 2.05) is 6.07 Å². The maximum atomic E-state index is 11.2. The first-order valence-electron chi connectivity index (χ1n) is 4.00. The summed E-state index contributed by atoms with van der Waals surface area (Å²) in [6, 6.07) is 3.69. The van der Waals surface area contributed by atoms with Crippen molar-refractivity contribution in [3.05, 3.63) is 27.5 Å². The Bertz CT molecular complexity index is 492. The molecule has 6 heteroatoms. The van der Waals surface area contributed by atoms with Crippen LogP contribution in [0.1, 0.15) is 9.67 Å². The Hall–Kier alpha value is -0.910. The molecule has 0 atom stereocenters. The van der Waals surface area contributed by atoms with Crippen LogP contribution >= 0.6 is 34.3 Å². The van der Waals surface area contributed by atoms with Gasteiger partial charge >= 0.3 is 5.97 Å². The third kappa shape index (κ3) is 2.19. The third-order valence-electron chi connectivity index (χ3n) is 1.68. The van der Waals surface area contributed by atoms with Crippen molar-refractivity contribution in [2.75, 3.05) is 7.11 Å². The molecule has 0 aromatic carbocycles. The van der Waals surface area contributed by atoms with Crippen LogP contribution in [-0.4, -0.2) is 18.1 Å². The molecule has 2 rings (SSSR count). The van der Waals surface area contributed by atoms with Gasteiger partial charge in [0.1, 0.15) is 9.88 Å². The minimum absolute atomic E-state index is 0.360. The number of thiophene rings is 1. The number of aromatic nitrogens is 1. The summed E-state index contributed by atoms with van der Waals surface area (Å²) in [7, 11) is 1.35. The van der Waals surface area contributed by atoms with E-state index in [1.165, 1.54) is 36.0 Å². The minimum Gasteiger partial charge on any atom is -0.465 e. The molecule has 0 amide bonds. The number of hydrogen-bond acceptors (Lipinski definition) is 5. The molecule has 0 N–H and O–H groups in total. The summed E-state index contributed by atoms with van der Waals surface area (Å²) in [5.41, 5.74) is 0. The first-order chi connectivity index (χ1) is 7.20. The zero-order valence-electron chi connectivity index (χ0n) is 7.69. The highest BCUT2D eigenvalue weighted by Gasteiger charge is 2.12. The van der Waals surface area contributed by atoms with Crippen LogP contribution in [0.25, 0.3) is 9.88 Å². The second-order valence-electron chi connectivity index (χ2n) is 2.63. The number of hydrogen-bond donors (Lipinski definition) is 0. The molecule has 3 nitrogen and oxygen atoms in total. The van der Waals surface area contributed by atoms with Crippen LogP contribution in [0.5, 0.6) is 0 Å². The molecule has 2 heterocycles. The molecule has 2 aromatic rings. The van der Waals surface area contributed by atoms with Crippen LogP contribution in [0.15, 0.2) is 18.3 Å². The van der Waals surface area contributed by atoms with E-state index < -0.39 is 0 Å². The van der Waals surface area contributed by atoms with Gasteiger partial charge in [-0.15, -0.1) is 22.7 Å². The van der Waals surface area contributed by atoms with Crippen molar-refractivity contribution in [1.29, 1.82) is 0 Å². The summed E-state index contributed by atoms with van der Waals surface area (Å²) in [6.45, 7) is 0. The first kappa shape index (κ1) is 10.6. The largest absolute Gasteiger partial charge is 0.465 e. The van der Waals surface area contributed by atoms with Gasteiger partial charge in [0, 0.05) is 0 Å². The lowest BCUT2D eigenvalue weighted by molar-refractivity contribution is 0.0606. The molecule has 0 fully saturated rings. The smallest absolute Gasteiger partial charge is 0.349 e. The average molecular weight is 260 g/mol. The van der Waals surface area contributed by atoms with Gasteiger partial charge in [0.05, 0.1) is 22.5 Å². The van der Waals surface area contributed by atoms with Gasteiger partial charge in [-0.3, -0.25) is 0 Å². The van der Waals surface area contributed by atoms with E-state index in [1.54, 1.807) is 6.07 Å². The average Bonchev–Trinajstić information content (AvgIpc) is 2.84. The van der Waals surface area contributed by atoms with Gasteiger partial charge in [0.2, 0.25) is 0 Å². The number of ether oxygens (including phenoxy) is 1. The number of halogens is 1. The van der Waals surface area contributed by atoms with Crippen LogP contribution in [0, 0.1) is 0 Å². The molecule has 15 heavy (non-hydrogen) atoms. The Kier molecular flexibility index (Phi) is 3.04. The SMILES string of the molecule is COC(=O)c1cnc(-c2ccc(Cl)s2)s1. The third-order valence-corrected chi connectivity index (χ3v) is 4.05.